The standard InChI is InChI=1S/C28H34F3N5O3/c1-38-23-12-20-22(13-24(23)39-2)33-28(34-27(20)32-14-18-5-6-21(29)26(31)25(18)30)35-10-7-19(8-11-35)36-9-3-4-17(15-36)16-37/h5-6,12-13,17,19,37H,3-4,7-11,14-16H2,1-2H3,(H,32,33,34). The summed E-state index contributed by atoms with van der Waals surface area (Å²) < 4.78 is 52.5. The van der Waals surface area contributed by atoms with Crippen molar-refractivity contribution in [3.63, 3.8) is 0 Å². The maximum atomic E-state index is 14.4. The molecule has 11 heteroatoms. The first-order valence-electron chi connectivity index (χ1n) is 13.3. The van der Waals surface area contributed by atoms with Crippen molar-refractivity contribution in [2.24, 2.45) is 5.92 Å². The van der Waals surface area contributed by atoms with Gasteiger partial charge in [0.15, 0.2) is 29.0 Å². The smallest absolute Gasteiger partial charge is 0.227 e. The largest absolute Gasteiger partial charge is 0.493 e. The second kappa shape index (κ2) is 11.8. The van der Waals surface area contributed by atoms with E-state index < -0.39 is 17.5 Å². The number of hydrogen-bond acceptors (Lipinski definition) is 8. The molecule has 0 amide bonds. The Labute approximate surface area is 225 Å². The lowest BCUT2D eigenvalue weighted by Crippen LogP contribution is -2.49. The van der Waals surface area contributed by atoms with Gasteiger partial charge in [0, 0.05) is 55.8 Å². The number of piperidine rings is 2. The molecule has 1 atom stereocenters. The Hall–Kier alpha value is -3.31. The monoisotopic (exact) mass is 545 g/mol. The number of nitrogens with one attached hydrogen (secondary N) is 1. The minimum absolute atomic E-state index is 0.0220. The molecule has 1 unspecified atom stereocenters. The van der Waals surface area contributed by atoms with E-state index in [0.29, 0.717) is 46.1 Å². The van der Waals surface area contributed by atoms with Crippen LogP contribution < -0.4 is 19.7 Å². The Morgan fingerprint density at radius 2 is 1.72 bits per heavy atom. The van der Waals surface area contributed by atoms with Crippen molar-refractivity contribution in [2.45, 2.75) is 38.3 Å². The van der Waals surface area contributed by atoms with Crippen LogP contribution in [-0.4, -0.2) is 73.0 Å². The molecule has 0 bridgehead atoms. The quantitative estimate of drug-likeness (QED) is 0.405. The van der Waals surface area contributed by atoms with Crippen LogP contribution in [0.1, 0.15) is 31.2 Å². The van der Waals surface area contributed by atoms with Crippen molar-refractivity contribution in [3.8, 4) is 11.5 Å². The number of benzene rings is 2. The number of nitrogens with zero attached hydrogens (tertiary/aromatic N) is 4. The summed E-state index contributed by atoms with van der Waals surface area (Å²) in [6, 6.07) is 6.07. The molecule has 5 rings (SSSR count). The van der Waals surface area contributed by atoms with Gasteiger partial charge in [-0.25, -0.2) is 18.2 Å². The zero-order valence-corrected chi connectivity index (χ0v) is 22.2. The van der Waals surface area contributed by atoms with Gasteiger partial charge in [-0.15, -0.1) is 0 Å². The number of ether oxygens (including phenoxy) is 2. The fourth-order valence-electron chi connectivity index (χ4n) is 5.61. The number of methoxy groups -OCH3 is 2. The molecule has 0 radical (unpaired) electrons. The van der Waals surface area contributed by atoms with E-state index in [9.17, 15) is 18.3 Å². The van der Waals surface area contributed by atoms with E-state index in [4.69, 9.17) is 19.4 Å². The fourth-order valence-corrected chi connectivity index (χ4v) is 5.61. The summed E-state index contributed by atoms with van der Waals surface area (Å²) in [5, 5.41) is 13.3. The first-order chi connectivity index (χ1) is 18.9. The molecule has 3 aromatic rings. The van der Waals surface area contributed by atoms with Gasteiger partial charge in [0.05, 0.1) is 19.7 Å². The molecule has 39 heavy (non-hydrogen) atoms. The number of rotatable bonds is 8. The van der Waals surface area contributed by atoms with Crippen molar-refractivity contribution in [1.82, 2.24) is 14.9 Å². The first kappa shape index (κ1) is 27.3. The van der Waals surface area contributed by atoms with Gasteiger partial charge in [0.25, 0.3) is 0 Å². The molecular formula is C28H34F3N5O3. The minimum Gasteiger partial charge on any atom is -0.493 e. The van der Waals surface area contributed by atoms with Crippen molar-refractivity contribution in [1.29, 1.82) is 0 Å². The van der Waals surface area contributed by atoms with Gasteiger partial charge in [-0.05, 0) is 50.3 Å². The predicted octanol–water partition coefficient (Wildman–Crippen LogP) is 4.35. The summed E-state index contributed by atoms with van der Waals surface area (Å²) in [6.45, 7) is 3.65. The van der Waals surface area contributed by atoms with Gasteiger partial charge in [0.2, 0.25) is 5.95 Å². The zero-order chi connectivity index (χ0) is 27.5. The molecule has 2 aliphatic heterocycles. The molecule has 1 aromatic heterocycles. The predicted molar refractivity (Wildman–Crippen MR) is 143 cm³/mol. The summed E-state index contributed by atoms with van der Waals surface area (Å²) in [5.74, 6) is -1.69. The number of hydrogen-bond donors (Lipinski definition) is 2. The molecule has 2 aromatic carbocycles. The topological polar surface area (TPSA) is 83.0 Å². The number of halogens is 3. The Morgan fingerprint density at radius 1 is 0.974 bits per heavy atom. The Kier molecular flexibility index (Phi) is 8.27. The lowest BCUT2D eigenvalue weighted by Gasteiger charge is -2.42. The van der Waals surface area contributed by atoms with E-state index in [-0.39, 0.29) is 18.7 Å². The number of anilines is 2. The summed E-state index contributed by atoms with van der Waals surface area (Å²) in [4.78, 5) is 14.2. The van der Waals surface area contributed by atoms with E-state index in [1.54, 1.807) is 19.2 Å². The molecule has 2 saturated heterocycles. The van der Waals surface area contributed by atoms with Crippen LogP contribution in [0.3, 0.4) is 0 Å². The summed E-state index contributed by atoms with van der Waals surface area (Å²) in [7, 11) is 3.07. The average Bonchev–Trinajstić information content (AvgIpc) is 2.98. The molecule has 0 saturated carbocycles. The molecule has 8 nitrogen and oxygen atoms in total. The van der Waals surface area contributed by atoms with Crippen LogP contribution in [-0.2, 0) is 6.54 Å². The van der Waals surface area contributed by atoms with E-state index >= 15 is 0 Å². The van der Waals surface area contributed by atoms with E-state index in [2.05, 4.69) is 15.1 Å². The van der Waals surface area contributed by atoms with E-state index in [0.717, 1.165) is 57.9 Å². The molecule has 0 spiro atoms. The molecule has 3 heterocycles. The number of aliphatic hydroxyl groups is 1. The maximum Gasteiger partial charge on any atom is 0.227 e. The van der Waals surface area contributed by atoms with Crippen LogP contribution in [0.25, 0.3) is 10.9 Å². The van der Waals surface area contributed by atoms with Crippen LogP contribution in [0.15, 0.2) is 24.3 Å². The number of fused-ring (bicyclic) bond motifs is 1. The highest BCUT2D eigenvalue weighted by Crippen LogP contribution is 2.36. The summed E-state index contributed by atoms with van der Waals surface area (Å²) >= 11 is 0. The Balaban J connectivity index is 1.41. The second-order valence-corrected chi connectivity index (χ2v) is 10.2. The molecule has 2 aliphatic rings. The van der Waals surface area contributed by atoms with Crippen molar-refractivity contribution >= 4 is 22.7 Å². The molecule has 0 aliphatic carbocycles. The normalized spacial score (nSPS) is 18.9. The third-order valence-corrected chi connectivity index (χ3v) is 7.82. The highest BCUT2D eigenvalue weighted by atomic mass is 19.2. The van der Waals surface area contributed by atoms with Crippen LogP contribution in [0.5, 0.6) is 11.5 Å². The van der Waals surface area contributed by atoms with Gasteiger partial charge in [-0.2, -0.15) is 4.98 Å². The van der Waals surface area contributed by atoms with Crippen LogP contribution in [0.2, 0.25) is 0 Å². The Bertz CT molecular complexity index is 1320. The van der Waals surface area contributed by atoms with E-state index in [1.165, 1.54) is 13.2 Å². The van der Waals surface area contributed by atoms with Crippen LogP contribution in [0.4, 0.5) is 24.9 Å². The maximum absolute atomic E-state index is 14.4. The second-order valence-electron chi connectivity index (χ2n) is 10.2. The third-order valence-electron chi connectivity index (χ3n) is 7.82. The number of aromatic nitrogens is 2. The lowest BCUT2D eigenvalue weighted by molar-refractivity contribution is 0.0776. The van der Waals surface area contributed by atoms with Crippen molar-refractivity contribution in [3.05, 3.63) is 47.3 Å². The van der Waals surface area contributed by atoms with Gasteiger partial charge in [-0.1, -0.05) is 6.07 Å². The molecular weight excluding hydrogens is 511 g/mol. The van der Waals surface area contributed by atoms with Crippen molar-refractivity contribution < 1.29 is 27.8 Å². The van der Waals surface area contributed by atoms with Gasteiger partial charge >= 0.3 is 0 Å². The zero-order valence-electron chi connectivity index (χ0n) is 22.2. The highest BCUT2D eigenvalue weighted by molar-refractivity contribution is 5.92. The van der Waals surface area contributed by atoms with Gasteiger partial charge < -0.3 is 24.8 Å². The van der Waals surface area contributed by atoms with Gasteiger partial charge in [0.1, 0.15) is 5.82 Å². The molecule has 2 fully saturated rings. The summed E-state index contributed by atoms with van der Waals surface area (Å²) in [5.41, 5.74) is 0.584. The number of aliphatic hydroxyl groups excluding tert-OH is 1. The molecule has 210 valence electrons. The third kappa shape index (κ3) is 5.69. The van der Waals surface area contributed by atoms with Gasteiger partial charge in [-0.3, -0.25) is 4.90 Å². The fraction of sp³-hybridized carbons (Fsp3) is 0.500. The lowest BCUT2D eigenvalue weighted by atomic mass is 9.94. The number of likely N-dealkylation sites (tertiary alicyclic amines) is 1. The van der Waals surface area contributed by atoms with Crippen LogP contribution in [0, 0.1) is 23.4 Å². The van der Waals surface area contributed by atoms with Crippen LogP contribution >= 0.6 is 0 Å². The first-order valence-corrected chi connectivity index (χ1v) is 13.3. The van der Waals surface area contributed by atoms with Crippen molar-refractivity contribution in [2.75, 3.05) is 57.2 Å². The highest BCUT2D eigenvalue weighted by Gasteiger charge is 2.30. The summed E-state index contributed by atoms with van der Waals surface area (Å²) in [6.07, 6.45) is 4.09. The average molecular weight is 546 g/mol. The molecule has 2 N–H and O–H groups in total. The Morgan fingerprint density at radius 3 is 2.44 bits per heavy atom. The van der Waals surface area contributed by atoms with E-state index in [1.807, 2.05) is 0 Å². The SMILES string of the molecule is COc1cc2nc(N3CCC(N4CCCC(CO)C4)CC3)nc(NCc3ccc(F)c(F)c3F)c2cc1OC. The minimum atomic E-state index is -1.50.